The Labute approximate surface area is 122 Å². The van der Waals surface area contributed by atoms with Gasteiger partial charge in [0.15, 0.2) is 0 Å². The maximum atomic E-state index is 12.2. The second-order valence-electron chi connectivity index (χ2n) is 4.97. The number of hydrogen-bond donors (Lipinski definition) is 3. The number of carbonyl (C=O) groups excluding carboxylic acids is 1. The van der Waals surface area contributed by atoms with Crippen LogP contribution >= 0.6 is 0 Å². The number of nitrogens with zero attached hydrogens (tertiary/aromatic N) is 2. The van der Waals surface area contributed by atoms with Crippen molar-refractivity contribution in [1.29, 1.82) is 0 Å². The molecule has 1 aliphatic rings. The minimum absolute atomic E-state index is 0.0142. The van der Waals surface area contributed by atoms with Crippen LogP contribution in [0.25, 0.3) is 0 Å². The minimum Gasteiger partial charge on any atom is -0.480 e. The summed E-state index contributed by atoms with van der Waals surface area (Å²) in [6, 6.07) is -1.36. The van der Waals surface area contributed by atoms with Gasteiger partial charge in [0.25, 0.3) is 0 Å². The number of imidazole rings is 1. The largest absolute Gasteiger partial charge is 0.480 e. The SMILES string of the molecule is CCC1CN(C(=O)N[C@@H](Cc2cnc[nH]2)C(=O)O)CCO1. The molecule has 1 saturated heterocycles. The summed E-state index contributed by atoms with van der Waals surface area (Å²) in [6.07, 6.45) is 4.02. The van der Waals surface area contributed by atoms with E-state index >= 15 is 0 Å². The molecule has 8 heteroatoms. The Morgan fingerprint density at radius 3 is 3.10 bits per heavy atom. The summed E-state index contributed by atoms with van der Waals surface area (Å²) in [5.41, 5.74) is 0.663. The Morgan fingerprint density at radius 2 is 2.48 bits per heavy atom. The number of H-pyrrole nitrogens is 1. The second kappa shape index (κ2) is 7.07. The molecule has 2 rings (SSSR count). The third-order valence-corrected chi connectivity index (χ3v) is 3.46. The van der Waals surface area contributed by atoms with E-state index in [1.807, 2.05) is 6.92 Å². The van der Waals surface area contributed by atoms with Crippen LogP contribution in [0.3, 0.4) is 0 Å². The summed E-state index contributed by atoms with van der Waals surface area (Å²) in [5.74, 6) is -1.07. The van der Waals surface area contributed by atoms with Crippen LogP contribution in [0.4, 0.5) is 4.79 Å². The number of morpholine rings is 1. The van der Waals surface area contributed by atoms with Crippen molar-refractivity contribution < 1.29 is 19.4 Å². The van der Waals surface area contributed by atoms with Crippen LogP contribution in [0.15, 0.2) is 12.5 Å². The van der Waals surface area contributed by atoms with Crippen molar-refractivity contribution in [3.8, 4) is 0 Å². The molecular weight excluding hydrogens is 276 g/mol. The maximum Gasteiger partial charge on any atom is 0.326 e. The number of nitrogens with one attached hydrogen (secondary N) is 2. The molecule has 0 aliphatic carbocycles. The summed E-state index contributed by atoms with van der Waals surface area (Å²) in [7, 11) is 0. The number of rotatable bonds is 5. The number of aliphatic carboxylic acids is 1. The maximum absolute atomic E-state index is 12.2. The van der Waals surface area contributed by atoms with Crippen molar-refractivity contribution in [3.05, 3.63) is 18.2 Å². The van der Waals surface area contributed by atoms with Crippen molar-refractivity contribution in [2.24, 2.45) is 0 Å². The highest BCUT2D eigenvalue weighted by Gasteiger charge is 2.27. The van der Waals surface area contributed by atoms with Crippen molar-refractivity contribution in [1.82, 2.24) is 20.2 Å². The Balaban J connectivity index is 1.93. The van der Waals surface area contributed by atoms with Gasteiger partial charge in [-0.15, -0.1) is 0 Å². The molecule has 2 heterocycles. The van der Waals surface area contributed by atoms with Crippen LogP contribution in [-0.4, -0.2) is 63.8 Å². The predicted molar refractivity (Wildman–Crippen MR) is 73.9 cm³/mol. The second-order valence-corrected chi connectivity index (χ2v) is 4.97. The lowest BCUT2D eigenvalue weighted by molar-refractivity contribution is -0.139. The van der Waals surface area contributed by atoms with E-state index in [9.17, 15) is 14.7 Å². The molecular formula is C13H20N4O4. The average Bonchev–Trinajstić information content (AvgIpc) is 2.99. The lowest BCUT2D eigenvalue weighted by atomic mass is 10.1. The number of carbonyl (C=O) groups is 2. The smallest absolute Gasteiger partial charge is 0.326 e. The predicted octanol–water partition coefficient (Wildman–Crippen LogP) is 0.226. The minimum atomic E-state index is -1.07. The van der Waals surface area contributed by atoms with E-state index < -0.39 is 12.0 Å². The molecule has 0 radical (unpaired) electrons. The van der Waals surface area contributed by atoms with Gasteiger partial charge in [-0.2, -0.15) is 0 Å². The lowest BCUT2D eigenvalue weighted by Gasteiger charge is -2.33. The van der Waals surface area contributed by atoms with E-state index in [0.717, 1.165) is 6.42 Å². The summed E-state index contributed by atoms with van der Waals surface area (Å²) in [6.45, 7) is 3.42. The summed E-state index contributed by atoms with van der Waals surface area (Å²) in [4.78, 5) is 31.7. The molecule has 1 aromatic rings. The number of aromatic nitrogens is 2. The molecule has 0 saturated carbocycles. The molecule has 0 bridgehead atoms. The van der Waals surface area contributed by atoms with Gasteiger partial charge in [0.2, 0.25) is 0 Å². The van der Waals surface area contributed by atoms with Gasteiger partial charge < -0.3 is 25.0 Å². The number of carboxylic acids is 1. The van der Waals surface area contributed by atoms with Crippen LogP contribution in [0.5, 0.6) is 0 Å². The average molecular weight is 296 g/mol. The molecule has 1 fully saturated rings. The molecule has 116 valence electrons. The fraction of sp³-hybridized carbons (Fsp3) is 0.615. The van der Waals surface area contributed by atoms with Gasteiger partial charge in [0, 0.05) is 31.4 Å². The number of ether oxygens (including phenoxy) is 1. The highest BCUT2D eigenvalue weighted by atomic mass is 16.5. The monoisotopic (exact) mass is 296 g/mol. The molecule has 2 atom stereocenters. The number of urea groups is 1. The Bertz CT molecular complexity index is 477. The number of amides is 2. The highest BCUT2D eigenvalue weighted by molar-refractivity contribution is 5.82. The standard InChI is InChI=1S/C13H20N4O4/c1-2-10-7-17(3-4-21-10)13(20)16-11(12(18)19)5-9-6-14-8-15-9/h6,8,10-11H,2-5,7H2,1H3,(H,14,15)(H,16,20)(H,18,19)/t10?,11-/m0/s1. The fourth-order valence-corrected chi connectivity index (χ4v) is 2.21. The zero-order valence-electron chi connectivity index (χ0n) is 11.9. The summed E-state index contributed by atoms with van der Waals surface area (Å²) >= 11 is 0. The van der Waals surface area contributed by atoms with Crippen LogP contribution in [0, 0.1) is 0 Å². The van der Waals surface area contributed by atoms with E-state index in [4.69, 9.17) is 4.74 Å². The molecule has 1 unspecified atom stereocenters. The van der Waals surface area contributed by atoms with E-state index in [2.05, 4.69) is 15.3 Å². The molecule has 21 heavy (non-hydrogen) atoms. The first-order valence-electron chi connectivity index (χ1n) is 6.97. The van der Waals surface area contributed by atoms with Crippen molar-refractivity contribution in [2.75, 3.05) is 19.7 Å². The van der Waals surface area contributed by atoms with E-state index in [1.54, 1.807) is 11.1 Å². The first kappa shape index (κ1) is 15.3. The first-order chi connectivity index (χ1) is 10.1. The van der Waals surface area contributed by atoms with Crippen LogP contribution in [0.2, 0.25) is 0 Å². The highest BCUT2D eigenvalue weighted by Crippen LogP contribution is 2.09. The zero-order valence-corrected chi connectivity index (χ0v) is 11.9. The number of carboxylic acid groups (broad SMARTS) is 1. The number of aromatic amines is 1. The van der Waals surface area contributed by atoms with E-state index in [1.165, 1.54) is 6.33 Å². The Hall–Kier alpha value is -2.09. The van der Waals surface area contributed by atoms with Gasteiger partial charge in [-0.1, -0.05) is 6.92 Å². The van der Waals surface area contributed by atoms with Gasteiger partial charge in [-0.25, -0.2) is 14.6 Å². The van der Waals surface area contributed by atoms with Gasteiger partial charge in [-0.05, 0) is 6.42 Å². The van der Waals surface area contributed by atoms with Crippen LogP contribution in [0.1, 0.15) is 19.0 Å². The van der Waals surface area contributed by atoms with Crippen LogP contribution < -0.4 is 5.32 Å². The normalized spacial score (nSPS) is 20.0. The Kier molecular flexibility index (Phi) is 5.15. The van der Waals surface area contributed by atoms with Crippen molar-refractivity contribution in [2.45, 2.75) is 31.9 Å². The van der Waals surface area contributed by atoms with Crippen molar-refractivity contribution >= 4 is 12.0 Å². The quantitative estimate of drug-likeness (QED) is 0.720. The first-order valence-corrected chi connectivity index (χ1v) is 6.97. The number of hydrogen-bond acceptors (Lipinski definition) is 4. The molecule has 1 aliphatic heterocycles. The molecule has 8 nitrogen and oxygen atoms in total. The molecule has 3 N–H and O–H groups in total. The zero-order chi connectivity index (χ0) is 15.2. The van der Waals surface area contributed by atoms with Gasteiger partial charge in [-0.3, -0.25) is 0 Å². The molecule has 0 aromatic carbocycles. The molecule has 1 aromatic heterocycles. The summed E-state index contributed by atoms with van der Waals surface area (Å²) in [5, 5.41) is 11.8. The topological polar surface area (TPSA) is 108 Å². The van der Waals surface area contributed by atoms with E-state index in [0.29, 0.717) is 25.4 Å². The third kappa shape index (κ3) is 4.19. The Morgan fingerprint density at radius 1 is 1.67 bits per heavy atom. The van der Waals surface area contributed by atoms with Gasteiger partial charge >= 0.3 is 12.0 Å². The van der Waals surface area contributed by atoms with Gasteiger partial charge in [0.05, 0.1) is 19.0 Å². The summed E-state index contributed by atoms with van der Waals surface area (Å²) < 4.78 is 5.49. The van der Waals surface area contributed by atoms with E-state index in [-0.39, 0.29) is 18.6 Å². The molecule has 2 amide bonds. The fourth-order valence-electron chi connectivity index (χ4n) is 2.21. The van der Waals surface area contributed by atoms with Crippen molar-refractivity contribution in [3.63, 3.8) is 0 Å². The van der Waals surface area contributed by atoms with Gasteiger partial charge in [0.1, 0.15) is 6.04 Å². The van der Waals surface area contributed by atoms with Crippen LogP contribution in [-0.2, 0) is 16.0 Å². The lowest BCUT2D eigenvalue weighted by Crippen LogP contribution is -2.53. The third-order valence-electron chi connectivity index (χ3n) is 3.46. The molecule has 0 spiro atoms.